The summed E-state index contributed by atoms with van der Waals surface area (Å²) in [6.45, 7) is -0.126. The van der Waals surface area contributed by atoms with Crippen LogP contribution in [-0.4, -0.2) is 33.9 Å². The number of benzene rings is 2. The zero-order valence-electron chi connectivity index (χ0n) is 15.5. The molecule has 1 amide bonds. The number of carbonyl (C=O) groups is 2. The molecule has 0 saturated carbocycles. The lowest BCUT2D eigenvalue weighted by molar-refractivity contribution is -0.141. The molecule has 2 N–H and O–H groups in total. The normalized spacial score (nSPS) is 12.2. The van der Waals surface area contributed by atoms with Crippen molar-refractivity contribution in [1.29, 1.82) is 0 Å². The van der Waals surface area contributed by atoms with E-state index < -0.39 is 33.8 Å². The molecule has 0 heterocycles. The molecule has 7 nitrogen and oxygen atoms in total. The standard InChI is InChI=1S/C19H20BrFN2O5S/c1-28-19(25)12-17(13-2-6-15(21)7-3-13)23-18(24)10-11-22-29(26,27)16-8-4-14(20)5-9-16/h2-9,17,22H,10-12H2,1H3,(H,23,24). The Morgan fingerprint density at radius 3 is 2.31 bits per heavy atom. The Bertz CT molecular complexity index is 950. The van der Waals surface area contributed by atoms with Crippen LogP contribution in [0.25, 0.3) is 0 Å². The van der Waals surface area contributed by atoms with Crippen LogP contribution in [0.3, 0.4) is 0 Å². The van der Waals surface area contributed by atoms with Crippen LogP contribution in [-0.2, 0) is 24.3 Å². The van der Waals surface area contributed by atoms with E-state index in [9.17, 15) is 22.4 Å². The maximum Gasteiger partial charge on any atom is 0.307 e. The van der Waals surface area contributed by atoms with Crippen LogP contribution in [0, 0.1) is 5.82 Å². The molecule has 0 fully saturated rings. The second-order valence-electron chi connectivity index (χ2n) is 6.05. The van der Waals surface area contributed by atoms with Gasteiger partial charge in [0.25, 0.3) is 0 Å². The second-order valence-corrected chi connectivity index (χ2v) is 8.74. The van der Waals surface area contributed by atoms with Gasteiger partial charge < -0.3 is 10.1 Å². The molecule has 2 aromatic rings. The molecule has 0 aliphatic rings. The van der Waals surface area contributed by atoms with Gasteiger partial charge in [0, 0.05) is 17.4 Å². The van der Waals surface area contributed by atoms with E-state index in [1.165, 1.54) is 43.5 Å². The number of nitrogens with one attached hydrogen (secondary N) is 2. The van der Waals surface area contributed by atoms with Gasteiger partial charge in [-0.05, 0) is 42.0 Å². The highest BCUT2D eigenvalue weighted by Gasteiger charge is 2.20. The van der Waals surface area contributed by atoms with Crippen molar-refractivity contribution in [3.05, 3.63) is 64.4 Å². The molecular formula is C19H20BrFN2O5S. The van der Waals surface area contributed by atoms with Crippen molar-refractivity contribution in [1.82, 2.24) is 10.0 Å². The van der Waals surface area contributed by atoms with E-state index in [1.54, 1.807) is 12.1 Å². The van der Waals surface area contributed by atoms with Crippen molar-refractivity contribution in [3.63, 3.8) is 0 Å². The summed E-state index contributed by atoms with van der Waals surface area (Å²) in [6.07, 6.45) is -0.285. The monoisotopic (exact) mass is 486 g/mol. The van der Waals surface area contributed by atoms with Crippen molar-refractivity contribution < 1.29 is 27.1 Å². The minimum absolute atomic E-state index is 0.0796. The molecule has 1 unspecified atom stereocenters. The number of esters is 1. The summed E-state index contributed by atoms with van der Waals surface area (Å²) >= 11 is 3.23. The number of rotatable bonds is 9. The molecule has 0 spiro atoms. The zero-order chi connectivity index (χ0) is 21.4. The number of hydrogen-bond acceptors (Lipinski definition) is 5. The summed E-state index contributed by atoms with van der Waals surface area (Å²) in [7, 11) is -2.52. The van der Waals surface area contributed by atoms with Crippen molar-refractivity contribution in [2.45, 2.75) is 23.8 Å². The molecular weight excluding hydrogens is 467 g/mol. The lowest BCUT2D eigenvalue weighted by atomic mass is 10.0. The number of hydrogen-bond donors (Lipinski definition) is 2. The van der Waals surface area contributed by atoms with Crippen LogP contribution in [0.15, 0.2) is 57.9 Å². The maximum absolute atomic E-state index is 13.1. The first-order valence-corrected chi connectivity index (χ1v) is 10.9. The predicted molar refractivity (Wildman–Crippen MR) is 108 cm³/mol. The van der Waals surface area contributed by atoms with Gasteiger partial charge in [-0.15, -0.1) is 0 Å². The van der Waals surface area contributed by atoms with E-state index in [1.807, 2.05) is 0 Å². The Labute approximate surface area is 176 Å². The molecule has 0 aliphatic heterocycles. The van der Waals surface area contributed by atoms with E-state index in [0.717, 1.165) is 4.47 Å². The fourth-order valence-corrected chi connectivity index (χ4v) is 3.76. The van der Waals surface area contributed by atoms with Crippen LogP contribution in [0.1, 0.15) is 24.4 Å². The van der Waals surface area contributed by atoms with Gasteiger partial charge in [-0.3, -0.25) is 9.59 Å². The number of amides is 1. The molecule has 156 valence electrons. The Morgan fingerprint density at radius 1 is 1.10 bits per heavy atom. The molecule has 1 atom stereocenters. The fraction of sp³-hybridized carbons (Fsp3) is 0.263. The van der Waals surface area contributed by atoms with Gasteiger partial charge in [0.2, 0.25) is 15.9 Å². The summed E-state index contributed by atoms with van der Waals surface area (Å²) in [4.78, 5) is 24.0. The Kier molecular flexibility index (Phi) is 8.30. The Morgan fingerprint density at radius 2 is 1.72 bits per heavy atom. The molecule has 0 saturated heterocycles. The van der Waals surface area contributed by atoms with Gasteiger partial charge in [-0.1, -0.05) is 28.1 Å². The number of methoxy groups -OCH3 is 1. The number of sulfonamides is 1. The second kappa shape index (κ2) is 10.5. The largest absolute Gasteiger partial charge is 0.469 e. The van der Waals surface area contributed by atoms with E-state index in [-0.39, 0.29) is 24.3 Å². The third kappa shape index (κ3) is 7.22. The highest BCUT2D eigenvalue weighted by Crippen LogP contribution is 2.18. The van der Waals surface area contributed by atoms with Crippen LogP contribution in [0.5, 0.6) is 0 Å². The first-order valence-electron chi connectivity index (χ1n) is 8.58. The lowest BCUT2D eigenvalue weighted by Crippen LogP contribution is -2.34. The average molecular weight is 487 g/mol. The quantitative estimate of drug-likeness (QED) is 0.530. The highest BCUT2D eigenvalue weighted by molar-refractivity contribution is 9.10. The smallest absolute Gasteiger partial charge is 0.307 e. The van der Waals surface area contributed by atoms with Crippen molar-refractivity contribution >= 4 is 37.8 Å². The van der Waals surface area contributed by atoms with Gasteiger partial charge >= 0.3 is 5.97 Å². The molecule has 2 aromatic carbocycles. The number of halogens is 2. The molecule has 0 radical (unpaired) electrons. The molecule has 29 heavy (non-hydrogen) atoms. The van der Waals surface area contributed by atoms with Crippen LogP contribution < -0.4 is 10.0 Å². The van der Waals surface area contributed by atoms with Gasteiger partial charge in [0.15, 0.2) is 0 Å². The van der Waals surface area contributed by atoms with E-state index in [2.05, 4.69) is 30.7 Å². The Hall–Kier alpha value is -2.30. The van der Waals surface area contributed by atoms with Crippen LogP contribution in [0.4, 0.5) is 4.39 Å². The van der Waals surface area contributed by atoms with Crippen LogP contribution in [0.2, 0.25) is 0 Å². The fourth-order valence-electron chi connectivity index (χ4n) is 2.46. The van der Waals surface area contributed by atoms with Crippen molar-refractivity contribution in [2.24, 2.45) is 0 Å². The molecule has 2 rings (SSSR count). The average Bonchev–Trinajstić information content (AvgIpc) is 2.68. The summed E-state index contributed by atoms with van der Waals surface area (Å²) in [5, 5.41) is 2.65. The summed E-state index contributed by atoms with van der Waals surface area (Å²) in [6, 6.07) is 10.7. The third-order valence-electron chi connectivity index (χ3n) is 3.97. The van der Waals surface area contributed by atoms with E-state index in [0.29, 0.717) is 5.56 Å². The van der Waals surface area contributed by atoms with Gasteiger partial charge in [-0.2, -0.15) is 0 Å². The minimum Gasteiger partial charge on any atom is -0.469 e. The molecule has 0 aliphatic carbocycles. The summed E-state index contributed by atoms with van der Waals surface area (Å²) in [5.74, 6) is -1.46. The zero-order valence-corrected chi connectivity index (χ0v) is 17.9. The van der Waals surface area contributed by atoms with E-state index >= 15 is 0 Å². The summed E-state index contributed by atoms with van der Waals surface area (Å²) in [5.41, 5.74) is 0.528. The topological polar surface area (TPSA) is 102 Å². The number of ether oxygens (including phenoxy) is 1. The third-order valence-corrected chi connectivity index (χ3v) is 5.98. The van der Waals surface area contributed by atoms with Gasteiger partial charge in [0.1, 0.15) is 5.82 Å². The first kappa shape index (κ1) is 23.0. The van der Waals surface area contributed by atoms with E-state index in [4.69, 9.17) is 0 Å². The van der Waals surface area contributed by atoms with Gasteiger partial charge in [-0.25, -0.2) is 17.5 Å². The summed E-state index contributed by atoms with van der Waals surface area (Å²) < 4.78 is 45.3. The maximum atomic E-state index is 13.1. The molecule has 0 bridgehead atoms. The SMILES string of the molecule is COC(=O)CC(NC(=O)CCNS(=O)(=O)c1ccc(Br)cc1)c1ccc(F)cc1. The predicted octanol–water partition coefficient (Wildman–Crippen LogP) is 2.68. The highest BCUT2D eigenvalue weighted by atomic mass is 79.9. The van der Waals surface area contributed by atoms with Crippen molar-refractivity contribution in [2.75, 3.05) is 13.7 Å². The minimum atomic E-state index is -3.75. The van der Waals surface area contributed by atoms with Crippen molar-refractivity contribution in [3.8, 4) is 0 Å². The molecule has 10 heteroatoms. The van der Waals surface area contributed by atoms with Gasteiger partial charge in [0.05, 0.1) is 24.5 Å². The van der Waals surface area contributed by atoms with Crippen LogP contribution >= 0.6 is 15.9 Å². The Balaban J connectivity index is 1.96. The first-order chi connectivity index (χ1) is 13.7. The number of carbonyl (C=O) groups excluding carboxylic acids is 2. The lowest BCUT2D eigenvalue weighted by Gasteiger charge is -2.18. The molecule has 0 aromatic heterocycles.